The van der Waals surface area contributed by atoms with E-state index in [1.54, 1.807) is 24.3 Å². The Labute approximate surface area is 99.2 Å². The average Bonchev–Trinajstić information content (AvgIpc) is 2.32. The van der Waals surface area contributed by atoms with Gasteiger partial charge in [-0.15, -0.1) is 0 Å². The lowest BCUT2D eigenvalue weighted by Crippen LogP contribution is -2.27. The van der Waals surface area contributed by atoms with E-state index in [1.807, 2.05) is 6.92 Å². The minimum atomic E-state index is -0.477. The number of rotatable bonds is 5. The van der Waals surface area contributed by atoms with Crippen LogP contribution >= 0.6 is 0 Å². The van der Waals surface area contributed by atoms with Crippen LogP contribution in [0.2, 0.25) is 0 Å². The summed E-state index contributed by atoms with van der Waals surface area (Å²) >= 11 is 0. The van der Waals surface area contributed by atoms with Crippen molar-refractivity contribution >= 4 is 11.8 Å². The van der Waals surface area contributed by atoms with Crippen LogP contribution in [0.1, 0.15) is 19.8 Å². The van der Waals surface area contributed by atoms with E-state index in [1.165, 1.54) is 0 Å². The molecule has 90 valence electrons. The molecule has 0 aliphatic heterocycles. The van der Waals surface area contributed by atoms with Gasteiger partial charge in [-0.2, -0.15) is 0 Å². The van der Waals surface area contributed by atoms with Gasteiger partial charge in [-0.25, -0.2) is 4.79 Å². The van der Waals surface area contributed by atoms with Gasteiger partial charge in [0.2, 0.25) is 0 Å². The zero-order chi connectivity index (χ0) is 12.5. The van der Waals surface area contributed by atoms with Crippen LogP contribution in [0.15, 0.2) is 29.4 Å². The molecule has 0 aliphatic carbocycles. The van der Waals surface area contributed by atoms with Gasteiger partial charge in [0.1, 0.15) is 5.75 Å². The number of hydrogen-bond acceptors (Lipinski definition) is 3. The molecule has 0 fully saturated rings. The summed E-state index contributed by atoms with van der Waals surface area (Å²) < 4.78 is 5.01. The zero-order valence-electron chi connectivity index (χ0n) is 9.59. The van der Waals surface area contributed by atoms with Crippen LogP contribution < -0.4 is 10.1 Å². The fraction of sp³-hybridized carbons (Fsp3) is 0.364. The highest BCUT2D eigenvalue weighted by Crippen LogP contribution is 2.18. The van der Waals surface area contributed by atoms with Gasteiger partial charge in [-0.1, -0.05) is 18.5 Å². The van der Waals surface area contributed by atoms with Gasteiger partial charge in [0.05, 0.1) is 0 Å². The number of benzene rings is 1. The van der Waals surface area contributed by atoms with Gasteiger partial charge >= 0.3 is 6.09 Å². The summed E-state index contributed by atoms with van der Waals surface area (Å²) in [6.45, 7) is 2.65. The Morgan fingerprint density at radius 3 is 2.76 bits per heavy atom. The Morgan fingerprint density at radius 1 is 1.47 bits per heavy atom. The average molecular weight is 234 g/mol. The Morgan fingerprint density at radius 2 is 2.18 bits per heavy atom. The molecular weight excluding hydrogens is 220 g/mol. The molecule has 0 heterocycles. The van der Waals surface area contributed by atoms with Crippen molar-refractivity contribution in [1.82, 2.24) is 5.32 Å². The number of nitrogens with one attached hydrogen (secondary N) is 1. The van der Waals surface area contributed by atoms with E-state index < -0.39 is 6.09 Å². The van der Waals surface area contributed by atoms with Crippen LogP contribution in [0.25, 0.3) is 10.4 Å². The van der Waals surface area contributed by atoms with Crippen LogP contribution in [0.4, 0.5) is 10.5 Å². The van der Waals surface area contributed by atoms with E-state index in [9.17, 15) is 4.79 Å². The van der Waals surface area contributed by atoms with Crippen molar-refractivity contribution in [3.8, 4) is 5.75 Å². The van der Waals surface area contributed by atoms with E-state index in [-0.39, 0.29) is 0 Å². The van der Waals surface area contributed by atoms with E-state index in [0.29, 0.717) is 18.0 Å². The summed E-state index contributed by atoms with van der Waals surface area (Å²) in [7, 11) is 0. The van der Waals surface area contributed by atoms with Crippen LogP contribution in [-0.2, 0) is 0 Å². The molecule has 0 spiro atoms. The largest absolute Gasteiger partial charge is 0.412 e. The van der Waals surface area contributed by atoms with Crippen LogP contribution in [-0.4, -0.2) is 12.6 Å². The number of carbonyl (C=O) groups is 1. The van der Waals surface area contributed by atoms with Gasteiger partial charge in [0.25, 0.3) is 0 Å². The normalized spacial score (nSPS) is 9.24. The predicted molar refractivity (Wildman–Crippen MR) is 64.2 cm³/mol. The second-order valence-electron chi connectivity index (χ2n) is 3.35. The second-order valence-corrected chi connectivity index (χ2v) is 3.35. The monoisotopic (exact) mass is 234 g/mol. The number of hydrogen-bond donors (Lipinski definition) is 1. The first-order valence-corrected chi connectivity index (χ1v) is 5.37. The molecule has 6 nitrogen and oxygen atoms in total. The zero-order valence-corrected chi connectivity index (χ0v) is 9.59. The number of carbonyl (C=O) groups excluding carboxylic acids is 1. The number of azide groups is 1. The lowest BCUT2D eigenvalue weighted by Gasteiger charge is -2.05. The number of amides is 1. The molecular formula is C11H14N4O2. The fourth-order valence-corrected chi connectivity index (χ4v) is 1.14. The standard InChI is InChI=1S/C11H14N4O2/c1-2-3-8-13-11(16)17-10-6-4-9(5-7-10)14-15-12/h4-7H,2-3,8H2,1H3,(H,13,16). The molecule has 0 saturated heterocycles. The quantitative estimate of drug-likeness (QED) is 0.365. The number of ether oxygens (including phenoxy) is 1. The second kappa shape index (κ2) is 7.14. The summed E-state index contributed by atoms with van der Waals surface area (Å²) in [6.07, 6.45) is 1.46. The molecule has 1 aromatic carbocycles. The maximum atomic E-state index is 11.3. The first-order chi connectivity index (χ1) is 8.26. The molecule has 0 unspecified atom stereocenters. The molecule has 0 atom stereocenters. The van der Waals surface area contributed by atoms with Crippen molar-refractivity contribution in [2.24, 2.45) is 5.11 Å². The van der Waals surface area contributed by atoms with Crippen molar-refractivity contribution in [1.29, 1.82) is 0 Å². The van der Waals surface area contributed by atoms with Crippen molar-refractivity contribution in [2.45, 2.75) is 19.8 Å². The molecule has 0 radical (unpaired) electrons. The minimum absolute atomic E-state index is 0.413. The molecule has 17 heavy (non-hydrogen) atoms. The Hall–Kier alpha value is -2.20. The first kappa shape index (κ1) is 12.9. The Kier molecular flexibility index (Phi) is 5.40. The SMILES string of the molecule is CCCCNC(=O)Oc1ccc(N=[N+]=[N-])cc1. The van der Waals surface area contributed by atoms with E-state index in [0.717, 1.165) is 12.8 Å². The molecule has 1 amide bonds. The van der Waals surface area contributed by atoms with Crippen molar-refractivity contribution < 1.29 is 9.53 Å². The molecule has 1 aromatic rings. The highest BCUT2D eigenvalue weighted by atomic mass is 16.5. The summed E-state index contributed by atoms with van der Waals surface area (Å²) in [5.74, 6) is 0.413. The van der Waals surface area contributed by atoms with E-state index in [2.05, 4.69) is 15.3 Å². The van der Waals surface area contributed by atoms with Gasteiger partial charge in [-0.3, -0.25) is 0 Å². The molecule has 0 aliphatic rings. The molecule has 1 rings (SSSR count). The molecule has 0 saturated carbocycles. The van der Waals surface area contributed by atoms with Crippen molar-refractivity contribution in [2.75, 3.05) is 6.54 Å². The molecule has 1 N–H and O–H groups in total. The van der Waals surface area contributed by atoms with E-state index in [4.69, 9.17) is 10.3 Å². The third-order valence-corrected chi connectivity index (χ3v) is 2.01. The third-order valence-electron chi connectivity index (χ3n) is 2.01. The van der Waals surface area contributed by atoms with E-state index >= 15 is 0 Å². The van der Waals surface area contributed by atoms with Gasteiger partial charge in [0, 0.05) is 17.1 Å². The highest BCUT2D eigenvalue weighted by molar-refractivity contribution is 5.70. The summed E-state index contributed by atoms with van der Waals surface area (Å²) in [4.78, 5) is 13.9. The smallest absolute Gasteiger partial charge is 0.410 e. The molecule has 0 bridgehead atoms. The fourth-order valence-electron chi connectivity index (χ4n) is 1.14. The topological polar surface area (TPSA) is 87.1 Å². The minimum Gasteiger partial charge on any atom is -0.410 e. The van der Waals surface area contributed by atoms with Gasteiger partial charge in [-0.05, 0) is 36.2 Å². The Balaban J connectivity index is 2.45. The third kappa shape index (κ3) is 4.90. The Bertz CT molecular complexity index is 410. The van der Waals surface area contributed by atoms with Crippen molar-refractivity contribution in [3.63, 3.8) is 0 Å². The molecule has 0 aromatic heterocycles. The van der Waals surface area contributed by atoms with Gasteiger partial charge < -0.3 is 10.1 Å². The van der Waals surface area contributed by atoms with Crippen LogP contribution in [0.5, 0.6) is 5.75 Å². The lowest BCUT2D eigenvalue weighted by atomic mass is 10.3. The number of nitrogens with zero attached hydrogens (tertiary/aromatic N) is 3. The first-order valence-electron chi connectivity index (χ1n) is 5.37. The molecule has 6 heteroatoms. The predicted octanol–water partition coefficient (Wildman–Crippen LogP) is 3.52. The lowest BCUT2D eigenvalue weighted by molar-refractivity contribution is 0.200. The maximum Gasteiger partial charge on any atom is 0.412 e. The van der Waals surface area contributed by atoms with Crippen molar-refractivity contribution in [3.05, 3.63) is 34.7 Å². The maximum absolute atomic E-state index is 11.3. The highest BCUT2D eigenvalue weighted by Gasteiger charge is 2.02. The van der Waals surface area contributed by atoms with Crippen LogP contribution in [0, 0.1) is 0 Å². The number of unbranched alkanes of at least 4 members (excludes halogenated alkanes) is 1. The van der Waals surface area contributed by atoms with Gasteiger partial charge in [0.15, 0.2) is 0 Å². The summed E-state index contributed by atoms with van der Waals surface area (Å²) in [5.41, 5.74) is 8.70. The summed E-state index contributed by atoms with van der Waals surface area (Å²) in [6, 6.07) is 6.30. The summed E-state index contributed by atoms with van der Waals surface area (Å²) in [5, 5.41) is 6.04. The van der Waals surface area contributed by atoms with Crippen LogP contribution in [0.3, 0.4) is 0 Å².